The summed E-state index contributed by atoms with van der Waals surface area (Å²) in [6.07, 6.45) is -2.49. The zero-order valence-electron chi connectivity index (χ0n) is 7.78. The number of halogens is 3. The third kappa shape index (κ3) is 3.93. The molecule has 0 aliphatic rings. The maximum Gasteiger partial charge on any atom is 0.255 e. The van der Waals surface area contributed by atoms with Crippen LogP contribution in [0.1, 0.15) is 0 Å². The van der Waals surface area contributed by atoms with Gasteiger partial charge >= 0.3 is 0 Å². The first-order valence-corrected chi connectivity index (χ1v) is 4.64. The van der Waals surface area contributed by atoms with Gasteiger partial charge in [-0.2, -0.15) is 0 Å². The average molecular weight is 238 g/mol. The van der Waals surface area contributed by atoms with E-state index in [9.17, 15) is 8.78 Å². The maximum atomic E-state index is 12.2. The van der Waals surface area contributed by atoms with Crippen LogP contribution in [-0.2, 0) is 0 Å². The zero-order valence-corrected chi connectivity index (χ0v) is 8.53. The molecule has 1 heterocycles. The normalized spacial score (nSPS) is 10.7. The number of nitrogens with zero attached hydrogens (tertiary/aromatic N) is 3. The van der Waals surface area contributed by atoms with Gasteiger partial charge in [-0.3, -0.25) is 0 Å². The van der Waals surface area contributed by atoms with Crippen molar-refractivity contribution in [3.05, 3.63) is 17.3 Å². The predicted molar refractivity (Wildman–Crippen MR) is 52.3 cm³/mol. The zero-order chi connectivity index (χ0) is 11.3. The molecule has 15 heavy (non-hydrogen) atoms. The fraction of sp³-hybridized carbons (Fsp3) is 0.500. The summed E-state index contributed by atoms with van der Waals surface area (Å²) in [6.45, 7) is -0.630. The van der Waals surface area contributed by atoms with E-state index in [0.717, 1.165) is 0 Å². The van der Waals surface area contributed by atoms with Gasteiger partial charge in [-0.25, -0.2) is 8.78 Å². The molecule has 7 heteroatoms. The maximum absolute atomic E-state index is 12.2. The van der Waals surface area contributed by atoms with Crippen molar-refractivity contribution in [1.82, 2.24) is 10.2 Å². The largest absolute Gasteiger partial charge is 0.395 e. The van der Waals surface area contributed by atoms with Crippen LogP contribution < -0.4 is 4.90 Å². The Hall–Kier alpha value is -1.01. The van der Waals surface area contributed by atoms with Crippen LogP contribution in [0.3, 0.4) is 0 Å². The Morgan fingerprint density at radius 2 is 2.13 bits per heavy atom. The summed E-state index contributed by atoms with van der Waals surface area (Å²) < 4.78 is 24.4. The molecule has 1 aromatic rings. The van der Waals surface area contributed by atoms with E-state index < -0.39 is 13.0 Å². The Morgan fingerprint density at radius 3 is 2.60 bits per heavy atom. The van der Waals surface area contributed by atoms with Crippen molar-refractivity contribution in [1.29, 1.82) is 0 Å². The summed E-state index contributed by atoms with van der Waals surface area (Å²) in [4.78, 5) is 1.24. The summed E-state index contributed by atoms with van der Waals surface area (Å²) in [5.74, 6) is 0.272. The van der Waals surface area contributed by atoms with Gasteiger partial charge in [0.15, 0.2) is 11.0 Å². The molecule has 0 spiro atoms. The van der Waals surface area contributed by atoms with Crippen molar-refractivity contribution in [2.24, 2.45) is 0 Å². The van der Waals surface area contributed by atoms with Crippen LogP contribution in [0.4, 0.5) is 14.6 Å². The molecule has 0 saturated heterocycles. The fourth-order valence-corrected chi connectivity index (χ4v) is 1.17. The molecule has 1 rings (SSSR count). The van der Waals surface area contributed by atoms with Gasteiger partial charge in [-0.15, -0.1) is 10.2 Å². The van der Waals surface area contributed by atoms with Crippen molar-refractivity contribution < 1.29 is 13.9 Å². The van der Waals surface area contributed by atoms with Gasteiger partial charge in [0.05, 0.1) is 13.2 Å². The summed E-state index contributed by atoms with van der Waals surface area (Å²) in [6, 6.07) is 2.94. The van der Waals surface area contributed by atoms with Gasteiger partial charge in [0.1, 0.15) is 0 Å². The molecule has 84 valence electrons. The molecule has 0 aliphatic carbocycles. The lowest BCUT2D eigenvalue weighted by atomic mass is 10.4. The lowest BCUT2D eigenvalue weighted by molar-refractivity contribution is 0.152. The molecule has 0 saturated carbocycles. The predicted octanol–water partition coefficient (Wildman–Crippen LogP) is 1.19. The number of aliphatic hydroxyl groups excluding tert-OH is 1. The van der Waals surface area contributed by atoms with E-state index in [1.165, 1.54) is 17.0 Å². The minimum absolute atomic E-state index is 0.0840. The van der Waals surface area contributed by atoms with Gasteiger partial charge in [-0.05, 0) is 12.1 Å². The third-order valence-electron chi connectivity index (χ3n) is 1.67. The van der Waals surface area contributed by atoms with E-state index in [-0.39, 0.29) is 24.1 Å². The van der Waals surface area contributed by atoms with E-state index in [4.69, 9.17) is 16.7 Å². The highest BCUT2D eigenvalue weighted by atomic mass is 35.5. The van der Waals surface area contributed by atoms with E-state index in [0.29, 0.717) is 0 Å². The number of rotatable bonds is 5. The molecule has 0 atom stereocenters. The van der Waals surface area contributed by atoms with Gasteiger partial charge in [0, 0.05) is 6.54 Å². The van der Waals surface area contributed by atoms with Crippen molar-refractivity contribution in [2.45, 2.75) is 6.43 Å². The second-order valence-corrected chi connectivity index (χ2v) is 3.16. The van der Waals surface area contributed by atoms with Gasteiger partial charge in [0.25, 0.3) is 6.43 Å². The summed E-state index contributed by atoms with van der Waals surface area (Å²) in [5, 5.41) is 16.1. The van der Waals surface area contributed by atoms with Crippen LogP contribution in [0.5, 0.6) is 0 Å². The number of anilines is 1. The Labute approximate surface area is 90.5 Å². The first-order valence-electron chi connectivity index (χ1n) is 4.26. The molecule has 1 aromatic heterocycles. The van der Waals surface area contributed by atoms with Gasteiger partial charge in [-0.1, -0.05) is 11.6 Å². The molecule has 1 N–H and O–H groups in total. The highest BCUT2D eigenvalue weighted by molar-refractivity contribution is 6.29. The van der Waals surface area contributed by atoms with E-state index in [2.05, 4.69) is 10.2 Å². The lowest BCUT2D eigenvalue weighted by Gasteiger charge is -2.21. The monoisotopic (exact) mass is 237 g/mol. The van der Waals surface area contributed by atoms with E-state index in [1.807, 2.05) is 0 Å². The molecular formula is C8H10ClF2N3O. The molecule has 0 radical (unpaired) electrons. The number of alkyl halides is 2. The van der Waals surface area contributed by atoms with Crippen molar-refractivity contribution in [3.63, 3.8) is 0 Å². The van der Waals surface area contributed by atoms with Crippen LogP contribution in [0.25, 0.3) is 0 Å². The van der Waals surface area contributed by atoms with E-state index >= 15 is 0 Å². The Balaban J connectivity index is 2.74. The molecule has 0 bridgehead atoms. The Bertz CT molecular complexity index is 296. The highest BCUT2D eigenvalue weighted by Crippen LogP contribution is 2.12. The first-order chi connectivity index (χ1) is 7.13. The summed E-state index contributed by atoms with van der Waals surface area (Å²) in [5.41, 5.74) is 0. The summed E-state index contributed by atoms with van der Waals surface area (Å²) in [7, 11) is 0. The standard InChI is InChI=1S/C8H10ClF2N3O/c9-6-1-2-8(13-12-6)14(3-4-15)5-7(10)11/h1-2,7,15H,3-5H2. The molecule has 0 aromatic carbocycles. The van der Waals surface area contributed by atoms with Gasteiger partial charge in [0.2, 0.25) is 0 Å². The molecular weight excluding hydrogens is 228 g/mol. The highest BCUT2D eigenvalue weighted by Gasteiger charge is 2.13. The minimum atomic E-state index is -2.49. The van der Waals surface area contributed by atoms with Crippen LogP contribution in [0.15, 0.2) is 12.1 Å². The molecule has 0 fully saturated rings. The third-order valence-corrected chi connectivity index (χ3v) is 1.87. The van der Waals surface area contributed by atoms with Gasteiger partial charge < -0.3 is 10.0 Å². The number of hydrogen-bond acceptors (Lipinski definition) is 4. The number of hydrogen-bond donors (Lipinski definition) is 1. The average Bonchev–Trinajstić information content (AvgIpc) is 2.17. The fourth-order valence-electron chi connectivity index (χ4n) is 1.06. The number of aliphatic hydroxyl groups is 1. The van der Waals surface area contributed by atoms with E-state index in [1.54, 1.807) is 0 Å². The quantitative estimate of drug-likeness (QED) is 0.836. The Morgan fingerprint density at radius 1 is 1.40 bits per heavy atom. The smallest absolute Gasteiger partial charge is 0.255 e. The van der Waals surface area contributed by atoms with Crippen LogP contribution in [-0.4, -0.2) is 41.4 Å². The molecule has 0 aliphatic heterocycles. The topological polar surface area (TPSA) is 49.2 Å². The first kappa shape index (κ1) is 12.1. The molecule has 4 nitrogen and oxygen atoms in total. The van der Waals surface area contributed by atoms with Crippen molar-refractivity contribution >= 4 is 17.4 Å². The van der Waals surface area contributed by atoms with Crippen molar-refractivity contribution in [2.75, 3.05) is 24.6 Å². The second-order valence-electron chi connectivity index (χ2n) is 2.77. The molecule has 0 unspecified atom stereocenters. The SMILES string of the molecule is OCCN(CC(F)F)c1ccc(Cl)nn1. The minimum Gasteiger partial charge on any atom is -0.395 e. The van der Waals surface area contributed by atoms with Crippen LogP contribution in [0.2, 0.25) is 5.15 Å². The van der Waals surface area contributed by atoms with Crippen LogP contribution in [0, 0.1) is 0 Å². The second kappa shape index (κ2) is 5.77. The molecule has 0 amide bonds. The lowest BCUT2D eigenvalue weighted by Crippen LogP contribution is -2.32. The number of aromatic nitrogens is 2. The Kier molecular flexibility index (Phi) is 4.64. The summed E-state index contributed by atoms with van der Waals surface area (Å²) >= 11 is 5.51. The van der Waals surface area contributed by atoms with Crippen molar-refractivity contribution in [3.8, 4) is 0 Å². The van der Waals surface area contributed by atoms with Crippen LogP contribution >= 0.6 is 11.6 Å².